The van der Waals surface area contributed by atoms with Gasteiger partial charge in [-0.05, 0) is 18.9 Å². The number of sulfone groups is 1. The fourth-order valence-electron chi connectivity index (χ4n) is 1.47. The zero-order chi connectivity index (χ0) is 10.6. The van der Waals surface area contributed by atoms with Gasteiger partial charge in [-0.15, -0.1) is 0 Å². The van der Waals surface area contributed by atoms with Crippen LogP contribution in [0.1, 0.15) is 6.42 Å². The summed E-state index contributed by atoms with van der Waals surface area (Å²) in [5, 5.41) is 14.0. The van der Waals surface area contributed by atoms with E-state index in [1.807, 2.05) is 0 Å². The molecule has 0 aromatic heterocycles. The second kappa shape index (κ2) is 4.61. The van der Waals surface area contributed by atoms with Gasteiger partial charge in [0.1, 0.15) is 0 Å². The van der Waals surface area contributed by atoms with E-state index in [1.165, 1.54) is 0 Å². The lowest BCUT2D eigenvalue weighted by Crippen LogP contribution is -2.32. The molecule has 1 heterocycles. The maximum absolute atomic E-state index is 11.1. The molecule has 4 N–H and O–H groups in total. The zero-order valence-electron chi connectivity index (χ0n) is 7.81. The molecule has 0 aromatic rings. The molecule has 1 atom stereocenters. The van der Waals surface area contributed by atoms with Crippen molar-refractivity contribution >= 4 is 15.7 Å². The minimum atomic E-state index is -2.80. The Labute approximate surface area is 83.1 Å². The number of nitrogens with zero attached hydrogens (tertiary/aromatic N) is 1. The topological polar surface area (TPSA) is 105 Å². The highest BCUT2D eigenvalue weighted by molar-refractivity contribution is 7.91. The smallest absolute Gasteiger partial charge is 0.153 e. The van der Waals surface area contributed by atoms with Gasteiger partial charge in [0.2, 0.25) is 0 Å². The molecular weight excluding hydrogens is 206 g/mol. The lowest BCUT2D eigenvalue weighted by atomic mass is 10.1. The van der Waals surface area contributed by atoms with Crippen molar-refractivity contribution in [1.29, 1.82) is 0 Å². The molecule has 0 saturated carbocycles. The van der Waals surface area contributed by atoms with E-state index in [-0.39, 0.29) is 29.8 Å². The van der Waals surface area contributed by atoms with E-state index in [2.05, 4.69) is 10.5 Å². The number of hydrogen-bond acceptors (Lipinski definition) is 5. The molecule has 0 amide bonds. The molecule has 14 heavy (non-hydrogen) atoms. The second-order valence-electron chi connectivity index (χ2n) is 3.49. The van der Waals surface area contributed by atoms with E-state index in [4.69, 9.17) is 10.9 Å². The van der Waals surface area contributed by atoms with Gasteiger partial charge in [0, 0.05) is 0 Å². The summed E-state index contributed by atoms with van der Waals surface area (Å²) in [4.78, 5) is 0. The third-order valence-corrected chi connectivity index (χ3v) is 4.03. The summed E-state index contributed by atoms with van der Waals surface area (Å²) in [5.41, 5.74) is 5.23. The Bertz CT molecular complexity index is 312. The van der Waals surface area contributed by atoms with Gasteiger partial charge >= 0.3 is 0 Å². The monoisotopic (exact) mass is 221 g/mol. The lowest BCUT2D eigenvalue weighted by Gasteiger charge is -2.07. The zero-order valence-corrected chi connectivity index (χ0v) is 8.63. The number of oxime groups is 1. The summed E-state index contributed by atoms with van der Waals surface area (Å²) >= 11 is 0. The van der Waals surface area contributed by atoms with Gasteiger partial charge in [-0.3, -0.25) is 0 Å². The molecule has 1 fully saturated rings. The lowest BCUT2D eigenvalue weighted by molar-refractivity contribution is 0.317. The highest BCUT2D eigenvalue weighted by Crippen LogP contribution is 2.16. The van der Waals surface area contributed by atoms with Crippen LogP contribution in [-0.2, 0) is 9.84 Å². The first kappa shape index (κ1) is 11.3. The van der Waals surface area contributed by atoms with Crippen LogP contribution >= 0.6 is 0 Å². The van der Waals surface area contributed by atoms with Gasteiger partial charge in [0.25, 0.3) is 0 Å². The van der Waals surface area contributed by atoms with Crippen molar-refractivity contribution in [2.24, 2.45) is 16.8 Å². The van der Waals surface area contributed by atoms with E-state index < -0.39 is 9.84 Å². The number of nitrogens with two attached hydrogens (primary N) is 1. The van der Waals surface area contributed by atoms with Crippen LogP contribution in [-0.4, -0.2) is 44.1 Å². The molecule has 1 rings (SSSR count). The van der Waals surface area contributed by atoms with Crippen molar-refractivity contribution in [2.45, 2.75) is 6.42 Å². The Morgan fingerprint density at radius 3 is 2.86 bits per heavy atom. The van der Waals surface area contributed by atoms with Gasteiger partial charge in [-0.25, -0.2) is 8.42 Å². The number of nitrogens with one attached hydrogen (secondary N) is 1. The summed E-state index contributed by atoms with van der Waals surface area (Å²) in [6.45, 7) is 0.877. The summed E-state index contributed by atoms with van der Waals surface area (Å²) in [7, 11) is -2.80. The standard InChI is InChI=1S/C7H15N3O3S/c8-7(10-11)4-9-3-6-1-2-14(12,13)5-6/h6,9,11H,1-5H2,(H2,8,10). The summed E-state index contributed by atoms with van der Waals surface area (Å²) in [6, 6.07) is 0. The summed E-state index contributed by atoms with van der Waals surface area (Å²) < 4.78 is 22.2. The highest BCUT2D eigenvalue weighted by atomic mass is 32.2. The highest BCUT2D eigenvalue weighted by Gasteiger charge is 2.27. The molecule has 82 valence electrons. The van der Waals surface area contributed by atoms with Crippen molar-refractivity contribution in [3.05, 3.63) is 0 Å². The van der Waals surface area contributed by atoms with Crippen LogP contribution in [0.15, 0.2) is 5.16 Å². The van der Waals surface area contributed by atoms with E-state index >= 15 is 0 Å². The summed E-state index contributed by atoms with van der Waals surface area (Å²) in [6.07, 6.45) is 0.700. The molecule has 1 unspecified atom stereocenters. The number of rotatable bonds is 4. The maximum atomic E-state index is 11.1. The molecule has 1 aliphatic heterocycles. The van der Waals surface area contributed by atoms with Gasteiger partial charge in [0.15, 0.2) is 15.7 Å². The molecular formula is C7H15N3O3S. The second-order valence-corrected chi connectivity index (χ2v) is 5.72. The fourth-order valence-corrected chi connectivity index (χ4v) is 3.33. The van der Waals surface area contributed by atoms with Crippen molar-refractivity contribution < 1.29 is 13.6 Å². The van der Waals surface area contributed by atoms with Crippen LogP contribution in [0.25, 0.3) is 0 Å². The molecule has 7 heteroatoms. The van der Waals surface area contributed by atoms with Crippen molar-refractivity contribution in [1.82, 2.24) is 5.32 Å². The molecule has 0 aromatic carbocycles. The minimum Gasteiger partial charge on any atom is -0.409 e. The van der Waals surface area contributed by atoms with Crippen molar-refractivity contribution in [3.63, 3.8) is 0 Å². The van der Waals surface area contributed by atoms with E-state index in [9.17, 15) is 8.42 Å². The minimum absolute atomic E-state index is 0.103. The first-order chi connectivity index (χ1) is 6.53. The molecule has 0 radical (unpaired) electrons. The number of amidine groups is 1. The molecule has 1 aliphatic rings. The Kier molecular flexibility index (Phi) is 3.70. The van der Waals surface area contributed by atoms with Crippen LogP contribution in [0, 0.1) is 5.92 Å². The Hall–Kier alpha value is -0.820. The van der Waals surface area contributed by atoms with Crippen LogP contribution in [0.4, 0.5) is 0 Å². The van der Waals surface area contributed by atoms with E-state index in [0.717, 1.165) is 0 Å². The van der Waals surface area contributed by atoms with E-state index in [0.29, 0.717) is 13.0 Å². The Morgan fingerprint density at radius 1 is 1.64 bits per heavy atom. The van der Waals surface area contributed by atoms with Gasteiger partial charge in [-0.1, -0.05) is 5.16 Å². The van der Waals surface area contributed by atoms with Crippen LogP contribution in [0.2, 0.25) is 0 Å². The Morgan fingerprint density at radius 2 is 2.36 bits per heavy atom. The number of hydrogen-bond donors (Lipinski definition) is 3. The average Bonchev–Trinajstić information content (AvgIpc) is 2.45. The average molecular weight is 221 g/mol. The molecule has 0 bridgehead atoms. The maximum Gasteiger partial charge on any atom is 0.153 e. The third kappa shape index (κ3) is 3.51. The van der Waals surface area contributed by atoms with Crippen LogP contribution in [0.5, 0.6) is 0 Å². The van der Waals surface area contributed by atoms with E-state index in [1.54, 1.807) is 0 Å². The largest absolute Gasteiger partial charge is 0.409 e. The normalized spacial score (nSPS) is 26.6. The molecule has 0 aliphatic carbocycles. The van der Waals surface area contributed by atoms with Crippen LogP contribution in [0.3, 0.4) is 0 Å². The predicted molar refractivity (Wildman–Crippen MR) is 53.0 cm³/mol. The SMILES string of the molecule is NC(CNCC1CCS(=O)(=O)C1)=NO. The molecule has 0 spiro atoms. The predicted octanol–water partition coefficient (Wildman–Crippen LogP) is -1.24. The third-order valence-electron chi connectivity index (χ3n) is 2.19. The first-order valence-electron chi connectivity index (χ1n) is 4.41. The fraction of sp³-hybridized carbons (Fsp3) is 0.857. The summed E-state index contributed by atoms with van der Waals surface area (Å²) in [5.74, 6) is 0.788. The molecule has 1 saturated heterocycles. The quantitative estimate of drug-likeness (QED) is 0.238. The first-order valence-corrected chi connectivity index (χ1v) is 6.23. The van der Waals surface area contributed by atoms with Gasteiger partial charge < -0.3 is 16.3 Å². The van der Waals surface area contributed by atoms with Gasteiger partial charge in [0.05, 0.1) is 18.1 Å². The molecule has 6 nitrogen and oxygen atoms in total. The van der Waals surface area contributed by atoms with Crippen molar-refractivity contribution in [2.75, 3.05) is 24.6 Å². The van der Waals surface area contributed by atoms with Gasteiger partial charge in [-0.2, -0.15) is 0 Å². The Balaban J connectivity index is 2.21. The van der Waals surface area contributed by atoms with Crippen molar-refractivity contribution in [3.8, 4) is 0 Å². The van der Waals surface area contributed by atoms with Crippen LogP contribution < -0.4 is 11.1 Å².